The summed E-state index contributed by atoms with van der Waals surface area (Å²) in [6.45, 7) is 8.85. The molecule has 2 aromatic rings. The van der Waals surface area contributed by atoms with Crippen LogP contribution in [0.5, 0.6) is 0 Å². The highest BCUT2D eigenvalue weighted by atomic mass is 14.1. The van der Waals surface area contributed by atoms with E-state index in [0.29, 0.717) is 0 Å². The van der Waals surface area contributed by atoms with Crippen LogP contribution in [0.2, 0.25) is 0 Å². The zero-order valence-corrected chi connectivity index (χ0v) is 13.3. The van der Waals surface area contributed by atoms with E-state index in [1.165, 1.54) is 32.7 Å². The van der Waals surface area contributed by atoms with Gasteiger partial charge in [-0.3, -0.25) is 0 Å². The molecule has 0 amide bonds. The third kappa shape index (κ3) is 3.00. The van der Waals surface area contributed by atoms with Gasteiger partial charge < -0.3 is 0 Å². The fraction of sp³-hybridized carbons (Fsp3) is 0.238. The maximum absolute atomic E-state index is 2.34. The zero-order chi connectivity index (χ0) is 15.0. The van der Waals surface area contributed by atoms with E-state index in [9.17, 15) is 0 Å². The molecule has 0 atom stereocenters. The van der Waals surface area contributed by atoms with Gasteiger partial charge in [-0.1, -0.05) is 74.9 Å². The smallest absolute Gasteiger partial charge is 0.00994 e. The number of hydrogen-bond donors (Lipinski definition) is 0. The van der Waals surface area contributed by atoms with Crippen molar-refractivity contribution >= 4 is 12.2 Å². The van der Waals surface area contributed by atoms with Gasteiger partial charge in [0.25, 0.3) is 0 Å². The normalized spacial score (nSPS) is 15.5. The van der Waals surface area contributed by atoms with Crippen molar-refractivity contribution in [3.8, 4) is 11.1 Å². The largest absolute Gasteiger partial charge is 0.0718 e. The maximum atomic E-state index is 2.34. The van der Waals surface area contributed by atoms with Gasteiger partial charge in [0.1, 0.15) is 0 Å². The highest BCUT2D eigenvalue weighted by molar-refractivity contribution is 5.78. The quantitative estimate of drug-likeness (QED) is 0.731. The van der Waals surface area contributed by atoms with Crippen molar-refractivity contribution < 1.29 is 0 Å². The fourth-order valence-electron chi connectivity index (χ4n) is 2.83. The van der Waals surface area contributed by atoms with Crippen molar-refractivity contribution in [1.82, 2.24) is 0 Å². The molecule has 1 aliphatic rings. The minimum absolute atomic E-state index is 0.203. The molecule has 0 heteroatoms. The molecule has 1 aliphatic carbocycles. The van der Waals surface area contributed by atoms with E-state index >= 15 is 0 Å². The molecule has 0 saturated heterocycles. The second-order valence-electron chi connectivity index (χ2n) is 6.97. The van der Waals surface area contributed by atoms with Crippen LogP contribution in [0.4, 0.5) is 0 Å². The number of benzene rings is 2. The van der Waals surface area contributed by atoms with Crippen LogP contribution in [0.15, 0.2) is 54.1 Å². The number of allylic oxidation sites excluding steroid dienone is 2. The molecule has 0 nitrogen and oxygen atoms in total. The Hall–Kier alpha value is -2.08. The van der Waals surface area contributed by atoms with Gasteiger partial charge in [0.15, 0.2) is 0 Å². The third-order valence-electron chi connectivity index (χ3n) is 3.74. The number of fused-ring (bicyclic) bond motifs is 1. The summed E-state index contributed by atoms with van der Waals surface area (Å²) in [5, 5.41) is 2.67. The highest BCUT2D eigenvalue weighted by Gasteiger charge is 2.10. The molecular formula is C21H22. The Morgan fingerprint density at radius 3 is 2.24 bits per heavy atom. The SMILES string of the molecule is Cc1ccc(-c2cccc3c2=CC(=CC(C)(C)C)C=3)cc1. The number of rotatable bonds is 1. The Balaban J connectivity index is 2.17. The number of aryl methyl sites for hydroxylation is 1. The van der Waals surface area contributed by atoms with Crippen LogP contribution in [0, 0.1) is 12.3 Å². The lowest BCUT2D eigenvalue weighted by Crippen LogP contribution is -2.22. The summed E-state index contributed by atoms with van der Waals surface area (Å²) in [7, 11) is 0. The van der Waals surface area contributed by atoms with E-state index in [-0.39, 0.29) is 5.41 Å². The van der Waals surface area contributed by atoms with E-state index in [1.54, 1.807) is 0 Å². The zero-order valence-electron chi connectivity index (χ0n) is 13.3. The summed E-state index contributed by atoms with van der Waals surface area (Å²) in [5.74, 6) is 0. The Morgan fingerprint density at radius 1 is 0.857 bits per heavy atom. The lowest BCUT2D eigenvalue weighted by atomic mass is 9.93. The van der Waals surface area contributed by atoms with Gasteiger partial charge in [0, 0.05) is 0 Å². The van der Waals surface area contributed by atoms with Crippen molar-refractivity contribution in [2.24, 2.45) is 5.41 Å². The molecule has 0 N–H and O–H groups in total. The standard InChI is InChI=1S/C21H22/c1-15-8-10-17(11-9-15)19-7-5-6-18-12-16(13-20(18)19)14-21(2,3)4/h5-14H,1-4H3. The second-order valence-corrected chi connectivity index (χ2v) is 6.97. The van der Waals surface area contributed by atoms with E-state index in [4.69, 9.17) is 0 Å². The van der Waals surface area contributed by atoms with E-state index in [2.05, 4.69) is 88.4 Å². The Kier molecular flexibility index (Phi) is 3.33. The van der Waals surface area contributed by atoms with E-state index in [0.717, 1.165) is 0 Å². The van der Waals surface area contributed by atoms with Crippen LogP contribution in [-0.4, -0.2) is 0 Å². The van der Waals surface area contributed by atoms with Gasteiger partial charge in [0.2, 0.25) is 0 Å². The first-order valence-corrected chi connectivity index (χ1v) is 7.55. The Labute approximate surface area is 127 Å². The van der Waals surface area contributed by atoms with Gasteiger partial charge >= 0.3 is 0 Å². The molecule has 0 aliphatic heterocycles. The lowest BCUT2D eigenvalue weighted by Gasteiger charge is -2.12. The first kappa shape index (κ1) is 13.9. The summed E-state index contributed by atoms with van der Waals surface area (Å²) in [6.07, 6.45) is 6.94. The summed E-state index contributed by atoms with van der Waals surface area (Å²) < 4.78 is 0. The van der Waals surface area contributed by atoms with Crippen molar-refractivity contribution in [2.45, 2.75) is 27.7 Å². The predicted molar refractivity (Wildman–Crippen MR) is 92.3 cm³/mol. The molecule has 0 radical (unpaired) electrons. The molecule has 0 spiro atoms. The molecule has 0 aromatic heterocycles. The van der Waals surface area contributed by atoms with E-state index < -0.39 is 0 Å². The molecule has 0 heterocycles. The molecule has 21 heavy (non-hydrogen) atoms. The minimum Gasteiger partial charge on any atom is -0.0718 e. The van der Waals surface area contributed by atoms with Gasteiger partial charge in [-0.25, -0.2) is 0 Å². The summed E-state index contributed by atoms with van der Waals surface area (Å²) in [5.41, 5.74) is 5.43. The van der Waals surface area contributed by atoms with Crippen molar-refractivity contribution in [2.75, 3.05) is 0 Å². The van der Waals surface area contributed by atoms with E-state index in [1.807, 2.05) is 0 Å². The highest BCUT2D eigenvalue weighted by Crippen LogP contribution is 2.21. The molecule has 0 unspecified atom stereocenters. The molecule has 3 rings (SSSR count). The molecule has 106 valence electrons. The molecule has 0 bridgehead atoms. The van der Waals surface area contributed by atoms with Gasteiger partial charge in [0.05, 0.1) is 0 Å². The Bertz CT molecular complexity index is 810. The first-order valence-electron chi connectivity index (χ1n) is 7.55. The topological polar surface area (TPSA) is 0 Å². The van der Waals surface area contributed by atoms with Gasteiger partial charge in [-0.2, -0.15) is 0 Å². The average molecular weight is 274 g/mol. The summed E-state index contributed by atoms with van der Waals surface area (Å²) in [4.78, 5) is 0. The van der Waals surface area contributed by atoms with Crippen LogP contribution in [0.3, 0.4) is 0 Å². The van der Waals surface area contributed by atoms with Crippen LogP contribution in [0.1, 0.15) is 26.3 Å². The first-order chi connectivity index (χ1) is 9.92. The minimum atomic E-state index is 0.203. The lowest BCUT2D eigenvalue weighted by molar-refractivity contribution is 0.543. The number of hydrogen-bond acceptors (Lipinski definition) is 0. The molecule has 0 fully saturated rings. The summed E-state index contributed by atoms with van der Waals surface area (Å²) >= 11 is 0. The van der Waals surface area contributed by atoms with Gasteiger partial charge in [-0.15, -0.1) is 0 Å². The predicted octanol–water partition coefficient (Wildman–Crippen LogP) is 4.21. The molecule has 0 saturated carbocycles. The van der Waals surface area contributed by atoms with Crippen LogP contribution >= 0.6 is 0 Å². The van der Waals surface area contributed by atoms with Crippen molar-refractivity contribution in [3.63, 3.8) is 0 Å². The van der Waals surface area contributed by atoms with Crippen molar-refractivity contribution in [3.05, 3.63) is 70.1 Å². The van der Waals surface area contributed by atoms with Gasteiger partial charge in [-0.05, 0) is 51.6 Å². The molecule has 2 aromatic carbocycles. The average Bonchev–Trinajstić information content (AvgIpc) is 2.79. The summed E-state index contributed by atoms with van der Waals surface area (Å²) in [6, 6.07) is 15.4. The van der Waals surface area contributed by atoms with Crippen LogP contribution in [-0.2, 0) is 0 Å². The van der Waals surface area contributed by atoms with Crippen LogP contribution in [0.25, 0.3) is 23.3 Å². The second kappa shape index (κ2) is 5.04. The molecular weight excluding hydrogens is 252 g/mol. The monoisotopic (exact) mass is 274 g/mol. The Morgan fingerprint density at radius 2 is 1.57 bits per heavy atom. The van der Waals surface area contributed by atoms with Crippen molar-refractivity contribution in [1.29, 1.82) is 0 Å². The maximum Gasteiger partial charge on any atom is -0.00994 e. The third-order valence-corrected chi connectivity index (χ3v) is 3.74. The van der Waals surface area contributed by atoms with Crippen LogP contribution < -0.4 is 10.4 Å². The fourth-order valence-corrected chi connectivity index (χ4v) is 2.83.